The third kappa shape index (κ3) is 233. The average Bonchev–Trinajstić information content (AvgIpc) is 1.61. The number of rotatable bonds is 1. The second-order valence-electron chi connectivity index (χ2n) is 2.08. The van der Waals surface area contributed by atoms with Crippen LogP contribution >= 0.6 is 7.37 Å². The van der Waals surface area contributed by atoms with Gasteiger partial charge in [-0.2, -0.15) is 0 Å². The molecule has 0 aromatic rings. The van der Waals surface area contributed by atoms with Crippen molar-refractivity contribution < 1.29 is 9.46 Å². The molecule has 0 aromatic heterocycles. The highest BCUT2D eigenvalue weighted by atomic mass is 31.2. The lowest BCUT2D eigenvalue weighted by molar-refractivity contribution is 0.492. The molecule has 0 aliphatic carbocycles. The Balaban J connectivity index is 0. The van der Waals surface area contributed by atoms with Gasteiger partial charge in [-0.05, 0) is 13.0 Å². The molecule has 0 rings (SSSR count). The molecule has 0 aromatic carbocycles. The van der Waals surface area contributed by atoms with E-state index < -0.39 is 7.37 Å². The van der Waals surface area contributed by atoms with E-state index in [1.807, 2.05) is 0 Å². The van der Waals surface area contributed by atoms with Gasteiger partial charge in [0.25, 0.3) is 0 Å². The van der Waals surface area contributed by atoms with Crippen molar-refractivity contribution in [3.05, 3.63) is 0 Å². The first-order valence-corrected chi connectivity index (χ1v) is 5.45. The lowest BCUT2D eigenvalue weighted by atomic mass is 10.5. The Hall–Kier alpha value is 0.150. The molecule has 0 heterocycles. The van der Waals surface area contributed by atoms with E-state index in [4.69, 9.17) is 10.6 Å². The predicted molar refractivity (Wildman–Crippen MR) is 41.0 cm³/mol. The fourth-order valence-corrected chi connectivity index (χ4v) is 0. The monoisotopic (exact) mass is 153 g/mol. The average molecular weight is 153 g/mol. The second-order valence-corrected chi connectivity index (χ2v) is 4.67. The molecule has 0 amide bonds. The maximum absolute atomic E-state index is 9.77. The summed E-state index contributed by atoms with van der Waals surface area (Å²) in [5.41, 5.74) is 5.03. The van der Waals surface area contributed by atoms with Crippen LogP contribution < -0.4 is 5.73 Å². The summed E-state index contributed by atoms with van der Waals surface area (Å²) in [5, 5.41) is 0. The molecule has 0 aliphatic rings. The first-order chi connectivity index (χ1) is 3.91. The molecule has 0 atom stereocenters. The van der Waals surface area contributed by atoms with Crippen LogP contribution in [0, 0.1) is 0 Å². The van der Waals surface area contributed by atoms with Gasteiger partial charge < -0.3 is 10.6 Å². The van der Waals surface area contributed by atoms with E-state index in [1.165, 1.54) is 13.3 Å². The minimum Gasteiger partial charge on any atom is -0.345 e. The number of hydrogen-bond acceptors (Lipinski definition) is 2. The van der Waals surface area contributed by atoms with E-state index in [-0.39, 0.29) is 0 Å². The quantitative estimate of drug-likeness (QED) is 0.549. The molecule has 0 unspecified atom stereocenters. The Labute approximate surface area is 56.7 Å². The van der Waals surface area contributed by atoms with Gasteiger partial charge in [0.05, 0.1) is 0 Å². The van der Waals surface area contributed by atoms with Crippen LogP contribution in [0.5, 0.6) is 0 Å². The summed E-state index contributed by atoms with van der Waals surface area (Å²) in [7, 11) is -2.64. The molecular weight excluding hydrogens is 137 g/mol. The van der Waals surface area contributed by atoms with E-state index in [0.717, 1.165) is 13.0 Å². The van der Waals surface area contributed by atoms with Gasteiger partial charge in [-0.1, -0.05) is 6.92 Å². The summed E-state index contributed by atoms with van der Waals surface area (Å²) in [4.78, 5) is 8.08. The van der Waals surface area contributed by atoms with Crippen LogP contribution in [-0.4, -0.2) is 24.8 Å². The zero-order chi connectivity index (χ0) is 7.91. The van der Waals surface area contributed by atoms with Crippen LogP contribution in [0.25, 0.3) is 0 Å². The van der Waals surface area contributed by atoms with E-state index in [0.29, 0.717) is 0 Å². The fraction of sp³-hybridized carbons (Fsp3) is 1.00. The Kier molecular flexibility index (Phi) is 8.29. The summed E-state index contributed by atoms with van der Waals surface area (Å²) in [6.45, 7) is 5.47. The Bertz CT molecular complexity index is 78.7. The van der Waals surface area contributed by atoms with Gasteiger partial charge in [0, 0.05) is 13.3 Å². The molecule has 0 aliphatic heterocycles. The third-order valence-corrected chi connectivity index (χ3v) is 0.289. The van der Waals surface area contributed by atoms with Crippen molar-refractivity contribution in [1.29, 1.82) is 0 Å². The van der Waals surface area contributed by atoms with Crippen LogP contribution in [0.1, 0.15) is 13.3 Å². The highest BCUT2D eigenvalue weighted by molar-refractivity contribution is 7.56. The van der Waals surface area contributed by atoms with Gasteiger partial charge in [-0.3, -0.25) is 4.57 Å². The maximum Gasteiger partial charge on any atom is 0.194 e. The molecule has 3 N–H and O–H groups in total. The van der Waals surface area contributed by atoms with E-state index >= 15 is 0 Å². The third-order valence-electron chi connectivity index (χ3n) is 0.289. The van der Waals surface area contributed by atoms with Crippen LogP contribution in [0.2, 0.25) is 0 Å². The molecule has 0 radical (unpaired) electrons. The predicted octanol–water partition coefficient (Wildman–Crippen LogP) is 0.871. The molecule has 0 saturated heterocycles. The zero-order valence-electron chi connectivity index (χ0n) is 6.29. The van der Waals surface area contributed by atoms with Crippen molar-refractivity contribution in [2.45, 2.75) is 13.3 Å². The molecule has 9 heavy (non-hydrogen) atoms. The Morgan fingerprint density at radius 1 is 1.56 bits per heavy atom. The highest BCUT2D eigenvalue weighted by Crippen LogP contribution is 2.27. The van der Waals surface area contributed by atoms with Gasteiger partial charge in [-0.15, -0.1) is 0 Å². The Morgan fingerprint density at radius 2 is 1.67 bits per heavy atom. The van der Waals surface area contributed by atoms with E-state index in [9.17, 15) is 4.57 Å². The Morgan fingerprint density at radius 3 is 1.67 bits per heavy atom. The molecular formula is C5H16NO2P. The second kappa shape index (κ2) is 6.27. The van der Waals surface area contributed by atoms with Gasteiger partial charge in [0.15, 0.2) is 7.37 Å². The maximum atomic E-state index is 9.77. The smallest absolute Gasteiger partial charge is 0.194 e. The van der Waals surface area contributed by atoms with Crippen molar-refractivity contribution in [1.82, 2.24) is 0 Å². The van der Waals surface area contributed by atoms with Gasteiger partial charge in [0.1, 0.15) is 0 Å². The lowest BCUT2D eigenvalue weighted by Gasteiger charge is -1.86. The molecule has 4 heteroatoms. The van der Waals surface area contributed by atoms with Gasteiger partial charge in [0.2, 0.25) is 0 Å². The standard InChI is InChI=1S/C3H9N.C2H7O2P/c1-2-3-4;1-5(2,3)4/h2-4H2,1H3;1-2H3,(H,3,4). The lowest BCUT2D eigenvalue weighted by Crippen LogP contribution is -1.93. The first kappa shape index (κ1) is 11.9. The van der Waals surface area contributed by atoms with Gasteiger partial charge in [-0.25, -0.2) is 0 Å². The summed E-state index contributed by atoms with van der Waals surface area (Å²) < 4.78 is 9.77. The molecule has 0 bridgehead atoms. The SMILES string of the molecule is CCCN.CP(C)(=O)O. The minimum absolute atomic E-state index is 0.819. The highest BCUT2D eigenvalue weighted by Gasteiger charge is 1.92. The molecule has 3 nitrogen and oxygen atoms in total. The molecule has 0 saturated carbocycles. The van der Waals surface area contributed by atoms with Gasteiger partial charge >= 0.3 is 0 Å². The number of nitrogens with two attached hydrogens (primary N) is 1. The summed E-state index contributed by atoms with van der Waals surface area (Å²) in [5.74, 6) is 0. The molecule has 58 valence electrons. The van der Waals surface area contributed by atoms with Crippen molar-refractivity contribution in [2.75, 3.05) is 19.9 Å². The van der Waals surface area contributed by atoms with Crippen molar-refractivity contribution in [2.24, 2.45) is 5.73 Å². The van der Waals surface area contributed by atoms with E-state index in [1.54, 1.807) is 0 Å². The van der Waals surface area contributed by atoms with Crippen molar-refractivity contribution >= 4 is 7.37 Å². The van der Waals surface area contributed by atoms with Crippen molar-refractivity contribution in [3.63, 3.8) is 0 Å². The van der Waals surface area contributed by atoms with Crippen LogP contribution in [0.15, 0.2) is 0 Å². The summed E-state index contributed by atoms with van der Waals surface area (Å²) >= 11 is 0. The molecule has 0 fully saturated rings. The fourth-order valence-electron chi connectivity index (χ4n) is 0. The zero-order valence-corrected chi connectivity index (χ0v) is 7.19. The van der Waals surface area contributed by atoms with Crippen LogP contribution in [-0.2, 0) is 4.57 Å². The van der Waals surface area contributed by atoms with E-state index in [2.05, 4.69) is 6.92 Å². The minimum atomic E-state index is -2.64. The van der Waals surface area contributed by atoms with Crippen LogP contribution in [0.4, 0.5) is 0 Å². The van der Waals surface area contributed by atoms with Crippen LogP contribution in [0.3, 0.4) is 0 Å². The molecule has 0 spiro atoms. The topological polar surface area (TPSA) is 63.3 Å². The normalized spacial score (nSPS) is 9.89. The summed E-state index contributed by atoms with van der Waals surface area (Å²) in [6.07, 6.45) is 1.10. The van der Waals surface area contributed by atoms with Crippen molar-refractivity contribution in [3.8, 4) is 0 Å². The summed E-state index contributed by atoms with van der Waals surface area (Å²) in [6, 6.07) is 0. The first-order valence-electron chi connectivity index (χ1n) is 2.89. The largest absolute Gasteiger partial charge is 0.345 e. The number of hydrogen-bond donors (Lipinski definition) is 2.